The van der Waals surface area contributed by atoms with Crippen LogP contribution in [0.25, 0.3) is 5.78 Å². The van der Waals surface area contributed by atoms with E-state index >= 15 is 0 Å². The fourth-order valence-electron chi connectivity index (χ4n) is 2.20. The molecule has 0 unspecified atom stereocenters. The maximum absolute atomic E-state index is 13.7. The molecule has 3 rings (SSSR count). The monoisotopic (exact) mass is 318 g/mol. The van der Waals surface area contributed by atoms with Gasteiger partial charge in [-0.05, 0) is 17.5 Å². The number of aromatic nitrogens is 4. The van der Waals surface area contributed by atoms with Crippen molar-refractivity contribution in [1.29, 1.82) is 0 Å². The predicted molar refractivity (Wildman–Crippen MR) is 83.7 cm³/mol. The van der Waals surface area contributed by atoms with Crippen LogP contribution in [0, 0.1) is 5.82 Å². The Hall–Kier alpha value is -2.15. The number of fused-ring (bicyclic) bond motifs is 1. The summed E-state index contributed by atoms with van der Waals surface area (Å²) >= 11 is 1.39. The first-order valence-electron chi connectivity index (χ1n) is 6.91. The van der Waals surface area contributed by atoms with Gasteiger partial charge in [0.25, 0.3) is 5.56 Å². The summed E-state index contributed by atoms with van der Waals surface area (Å²) in [6, 6.07) is 8.20. The molecule has 2 heterocycles. The summed E-state index contributed by atoms with van der Waals surface area (Å²) in [5, 5.41) is 8.74. The molecule has 7 heteroatoms. The number of hydrogen-bond donors (Lipinski definition) is 1. The van der Waals surface area contributed by atoms with Crippen molar-refractivity contribution in [2.45, 2.75) is 30.7 Å². The van der Waals surface area contributed by atoms with Gasteiger partial charge >= 0.3 is 0 Å². The second-order valence-electron chi connectivity index (χ2n) is 5.23. The molecule has 0 amide bonds. The predicted octanol–water partition coefficient (Wildman–Crippen LogP) is 2.97. The fraction of sp³-hybridized carbons (Fsp3) is 0.267. The molecular weight excluding hydrogens is 303 g/mol. The number of nitrogens with one attached hydrogen (secondary N) is 1. The third kappa shape index (κ3) is 2.76. The zero-order valence-electron chi connectivity index (χ0n) is 12.2. The van der Waals surface area contributed by atoms with Gasteiger partial charge in [0.05, 0.1) is 0 Å². The Labute approximate surface area is 130 Å². The molecule has 0 atom stereocenters. The van der Waals surface area contributed by atoms with E-state index in [0.717, 1.165) is 5.69 Å². The second-order valence-corrected chi connectivity index (χ2v) is 6.18. The van der Waals surface area contributed by atoms with Crippen LogP contribution in [0.3, 0.4) is 0 Å². The van der Waals surface area contributed by atoms with Crippen molar-refractivity contribution in [2.24, 2.45) is 0 Å². The molecule has 1 N–H and O–H groups in total. The van der Waals surface area contributed by atoms with E-state index in [1.807, 2.05) is 18.2 Å². The number of hydrogen-bond acceptors (Lipinski definition) is 4. The van der Waals surface area contributed by atoms with Crippen LogP contribution in [0.15, 0.2) is 40.3 Å². The zero-order valence-corrected chi connectivity index (χ0v) is 13.0. The van der Waals surface area contributed by atoms with Crippen molar-refractivity contribution >= 4 is 17.5 Å². The highest BCUT2D eigenvalue weighted by Crippen LogP contribution is 2.25. The quantitative estimate of drug-likeness (QED) is 0.751. The van der Waals surface area contributed by atoms with E-state index in [-0.39, 0.29) is 17.3 Å². The lowest BCUT2D eigenvalue weighted by molar-refractivity contribution is 0.617. The molecule has 0 aliphatic carbocycles. The molecule has 5 nitrogen and oxygen atoms in total. The Bertz CT molecular complexity index is 871. The summed E-state index contributed by atoms with van der Waals surface area (Å²) in [4.78, 5) is 14.3. The van der Waals surface area contributed by atoms with Crippen LogP contribution < -0.4 is 5.56 Å². The highest BCUT2D eigenvalue weighted by Gasteiger charge is 2.14. The van der Waals surface area contributed by atoms with Gasteiger partial charge in [0, 0.05) is 17.5 Å². The summed E-state index contributed by atoms with van der Waals surface area (Å²) < 4.78 is 15.5. The normalized spacial score (nSPS) is 11.5. The van der Waals surface area contributed by atoms with Gasteiger partial charge in [-0.15, -0.1) is 10.2 Å². The van der Waals surface area contributed by atoms with Crippen molar-refractivity contribution in [3.05, 3.63) is 57.8 Å². The van der Waals surface area contributed by atoms with Gasteiger partial charge in [0.1, 0.15) is 5.82 Å². The smallest absolute Gasteiger partial charge is 0.252 e. The molecule has 2 aromatic heterocycles. The van der Waals surface area contributed by atoms with Crippen molar-refractivity contribution in [3.63, 3.8) is 0 Å². The molecule has 3 aromatic rings. The van der Waals surface area contributed by atoms with E-state index in [9.17, 15) is 9.18 Å². The Morgan fingerprint density at radius 1 is 1.32 bits per heavy atom. The number of aromatic amines is 1. The van der Waals surface area contributed by atoms with Crippen molar-refractivity contribution in [2.75, 3.05) is 0 Å². The third-order valence-corrected chi connectivity index (χ3v) is 4.29. The van der Waals surface area contributed by atoms with E-state index in [1.54, 1.807) is 24.3 Å². The number of thioether (sulfide) groups is 1. The first kappa shape index (κ1) is 14.8. The molecule has 0 aliphatic rings. The molecule has 0 radical (unpaired) electrons. The van der Waals surface area contributed by atoms with Gasteiger partial charge in [0.15, 0.2) is 5.16 Å². The van der Waals surface area contributed by atoms with Crippen LogP contribution in [-0.2, 0) is 5.75 Å². The van der Waals surface area contributed by atoms with Crippen LogP contribution in [0.4, 0.5) is 4.39 Å². The summed E-state index contributed by atoms with van der Waals surface area (Å²) in [5.74, 6) is 0.770. The standard InChI is InChI=1S/C15H15FN4OS/c1-9(2)12-7-13(21)17-14-18-19-15(20(12)14)22-8-10-5-3-4-6-11(10)16/h3-7,9H,8H2,1-2H3,(H,17,18,21). The molecule has 0 aliphatic heterocycles. The number of benzene rings is 1. The van der Waals surface area contributed by atoms with Gasteiger partial charge in [-0.2, -0.15) is 0 Å². The Morgan fingerprint density at radius 3 is 2.82 bits per heavy atom. The molecule has 0 saturated carbocycles. The molecule has 0 saturated heterocycles. The minimum absolute atomic E-state index is 0.147. The average Bonchev–Trinajstić information content (AvgIpc) is 2.88. The lowest BCUT2D eigenvalue weighted by atomic mass is 10.1. The molecule has 0 spiro atoms. The van der Waals surface area contributed by atoms with E-state index < -0.39 is 0 Å². The van der Waals surface area contributed by atoms with Crippen LogP contribution in [0.2, 0.25) is 0 Å². The summed E-state index contributed by atoms with van der Waals surface area (Å²) in [6.45, 7) is 4.00. The Kier molecular flexibility index (Phi) is 3.98. The summed E-state index contributed by atoms with van der Waals surface area (Å²) in [5.41, 5.74) is 1.24. The van der Waals surface area contributed by atoms with Crippen molar-refractivity contribution in [1.82, 2.24) is 19.6 Å². The second kappa shape index (κ2) is 5.92. The summed E-state index contributed by atoms with van der Waals surface area (Å²) in [6.07, 6.45) is 0. The average molecular weight is 318 g/mol. The number of H-pyrrole nitrogens is 1. The van der Waals surface area contributed by atoms with Crippen LogP contribution in [0.1, 0.15) is 31.0 Å². The van der Waals surface area contributed by atoms with Gasteiger partial charge in [-0.25, -0.2) is 4.39 Å². The highest BCUT2D eigenvalue weighted by molar-refractivity contribution is 7.98. The van der Waals surface area contributed by atoms with Crippen LogP contribution >= 0.6 is 11.8 Å². The molecule has 1 aromatic carbocycles. The number of rotatable bonds is 4. The van der Waals surface area contributed by atoms with Gasteiger partial charge in [-0.1, -0.05) is 43.8 Å². The van der Waals surface area contributed by atoms with Crippen LogP contribution in [-0.4, -0.2) is 19.6 Å². The van der Waals surface area contributed by atoms with E-state index in [1.165, 1.54) is 17.8 Å². The van der Waals surface area contributed by atoms with Crippen LogP contribution in [0.5, 0.6) is 0 Å². The largest absolute Gasteiger partial charge is 0.291 e. The Balaban J connectivity index is 1.98. The van der Waals surface area contributed by atoms with Crippen molar-refractivity contribution in [3.8, 4) is 0 Å². The van der Waals surface area contributed by atoms with E-state index in [0.29, 0.717) is 22.3 Å². The molecule has 114 valence electrons. The highest BCUT2D eigenvalue weighted by atomic mass is 32.2. The zero-order chi connectivity index (χ0) is 15.7. The molecular formula is C15H15FN4OS. The third-order valence-electron chi connectivity index (χ3n) is 3.31. The lowest BCUT2D eigenvalue weighted by Crippen LogP contribution is -2.13. The van der Waals surface area contributed by atoms with Gasteiger partial charge in [-0.3, -0.25) is 14.2 Å². The maximum atomic E-state index is 13.7. The first-order valence-corrected chi connectivity index (χ1v) is 7.89. The number of halogens is 1. The topological polar surface area (TPSA) is 63.0 Å². The fourth-order valence-corrected chi connectivity index (χ4v) is 3.14. The molecule has 0 bridgehead atoms. The van der Waals surface area contributed by atoms with E-state index in [2.05, 4.69) is 15.2 Å². The van der Waals surface area contributed by atoms with Gasteiger partial charge in [0.2, 0.25) is 5.78 Å². The minimum atomic E-state index is -0.235. The lowest BCUT2D eigenvalue weighted by Gasteiger charge is -2.09. The molecule has 0 fully saturated rings. The SMILES string of the molecule is CC(C)c1cc(=O)[nH]c2nnc(SCc3ccccc3F)n12. The first-order chi connectivity index (χ1) is 10.6. The number of nitrogens with zero attached hydrogens (tertiary/aromatic N) is 3. The summed E-state index contributed by atoms with van der Waals surface area (Å²) in [7, 11) is 0. The maximum Gasteiger partial charge on any atom is 0.252 e. The van der Waals surface area contributed by atoms with Gasteiger partial charge < -0.3 is 0 Å². The van der Waals surface area contributed by atoms with E-state index in [4.69, 9.17) is 0 Å². The molecule has 22 heavy (non-hydrogen) atoms. The minimum Gasteiger partial charge on any atom is -0.291 e. The van der Waals surface area contributed by atoms with Crippen molar-refractivity contribution < 1.29 is 4.39 Å². The Morgan fingerprint density at radius 2 is 2.09 bits per heavy atom.